The molecule has 2 amide bonds. The summed E-state index contributed by atoms with van der Waals surface area (Å²) < 4.78 is 44.9. The second-order valence-electron chi connectivity index (χ2n) is 7.35. The van der Waals surface area contributed by atoms with E-state index in [0.29, 0.717) is 18.4 Å². The standard InChI is InChI=1S/C20H28F3N3O4/c1-4-19(5-2,18(29)24-3)26-16(28)14-9-8-13(12-6-7-12)17(25-14)30-15(10-11-27)20(21,22)23/h8-9,12,15,27H,4-7,10-11H2,1-3H3,(H,24,29)(H,26,28)/t15-/m1/s1. The SMILES string of the molecule is CCC(CC)(NC(=O)c1ccc(C2CC2)c(O[C@H](CCO)C(F)(F)F)n1)C(=O)NC. The summed E-state index contributed by atoms with van der Waals surface area (Å²) >= 11 is 0. The number of carbonyl (C=O) groups is 2. The molecule has 0 spiro atoms. The number of alkyl halides is 3. The highest BCUT2D eigenvalue weighted by atomic mass is 19.4. The van der Waals surface area contributed by atoms with E-state index in [1.165, 1.54) is 13.1 Å². The van der Waals surface area contributed by atoms with Crippen LogP contribution in [0.15, 0.2) is 12.1 Å². The number of hydrogen-bond acceptors (Lipinski definition) is 5. The number of carbonyl (C=O) groups excluding carboxylic acids is 2. The van der Waals surface area contributed by atoms with E-state index in [4.69, 9.17) is 9.84 Å². The van der Waals surface area contributed by atoms with Crippen LogP contribution in [0.5, 0.6) is 5.88 Å². The van der Waals surface area contributed by atoms with Crippen LogP contribution < -0.4 is 15.4 Å². The van der Waals surface area contributed by atoms with Gasteiger partial charge < -0.3 is 20.5 Å². The van der Waals surface area contributed by atoms with Crippen LogP contribution in [-0.2, 0) is 4.79 Å². The van der Waals surface area contributed by atoms with Gasteiger partial charge in [-0.1, -0.05) is 19.9 Å². The summed E-state index contributed by atoms with van der Waals surface area (Å²) in [6.45, 7) is 2.80. The van der Waals surface area contributed by atoms with Crippen molar-refractivity contribution in [3.8, 4) is 5.88 Å². The number of likely N-dealkylation sites (N-methyl/N-ethyl adjacent to an activating group) is 1. The molecule has 10 heteroatoms. The number of ether oxygens (including phenoxy) is 1. The lowest BCUT2D eigenvalue weighted by Gasteiger charge is -2.30. The zero-order valence-electron chi connectivity index (χ0n) is 17.3. The minimum absolute atomic E-state index is 0.0314. The quantitative estimate of drug-likeness (QED) is 0.529. The topological polar surface area (TPSA) is 101 Å². The van der Waals surface area contributed by atoms with Crippen LogP contribution in [0, 0.1) is 0 Å². The molecule has 1 fully saturated rings. The summed E-state index contributed by atoms with van der Waals surface area (Å²) in [6.07, 6.45) is -5.32. The number of aliphatic hydroxyl groups is 1. The normalized spacial score (nSPS) is 15.4. The predicted octanol–water partition coefficient (Wildman–Crippen LogP) is 2.69. The molecular weight excluding hydrogens is 403 g/mol. The molecule has 1 aliphatic carbocycles. The van der Waals surface area contributed by atoms with Crippen LogP contribution in [-0.4, -0.2) is 53.4 Å². The van der Waals surface area contributed by atoms with Gasteiger partial charge in [-0.2, -0.15) is 13.2 Å². The second kappa shape index (κ2) is 9.63. The van der Waals surface area contributed by atoms with Crippen LogP contribution >= 0.6 is 0 Å². The number of rotatable bonds is 10. The molecule has 1 aromatic heterocycles. The molecule has 3 N–H and O–H groups in total. The van der Waals surface area contributed by atoms with Gasteiger partial charge in [0.25, 0.3) is 5.91 Å². The van der Waals surface area contributed by atoms with Gasteiger partial charge in [0.15, 0.2) is 6.10 Å². The van der Waals surface area contributed by atoms with E-state index in [-0.39, 0.29) is 23.4 Å². The molecule has 0 radical (unpaired) electrons. The highest BCUT2D eigenvalue weighted by Gasteiger charge is 2.43. The Hall–Kier alpha value is -2.36. The molecule has 30 heavy (non-hydrogen) atoms. The Morgan fingerprint density at radius 3 is 2.37 bits per heavy atom. The van der Waals surface area contributed by atoms with Crippen molar-refractivity contribution < 1.29 is 32.6 Å². The van der Waals surface area contributed by atoms with Gasteiger partial charge in [-0.3, -0.25) is 9.59 Å². The summed E-state index contributed by atoms with van der Waals surface area (Å²) in [4.78, 5) is 29.1. The van der Waals surface area contributed by atoms with Crippen LogP contribution in [0.25, 0.3) is 0 Å². The molecule has 1 aromatic rings. The summed E-state index contributed by atoms with van der Waals surface area (Å²) in [5.74, 6) is -1.28. The molecule has 0 saturated heterocycles. The highest BCUT2D eigenvalue weighted by Crippen LogP contribution is 2.44. The van der Waals surface area contributed by atoms with Crippen molar-refractivity contribution >= 4 is 11.8 Å². The zero-order valence-corrected chi connectivity index (χ0v) is 17.3. The Bertz CT molecular complexity index is 762. The molecule has 1 aliphatic rings. The summed E-state index contributed by atoms with van der Waals surface area (Å²) in [5, 5.41) is 14.1. The van der Waals surface area contributed by atoms with E-state index in [2.05, 4.69) is 15.6 Å². The number of pyridine rings is 1. The van der Waals surface area contributed by atoms with Crippen molar-refractivity contribution in [3.63, 3.8) is 0 Å². The van der Waals surface area contributed by atoms with Crippen LogP contribution in [0.2, 0.25) is 0 Å². The van der Waals surface area contributed by atoms with Crippen LogP contribution in [0.4, 0.5) is 13.2 Å². The fraction of sp³-hybridized carbons (Fsp3) is 0.650. The number of nitrogens with zero attached hydrogens (tertiary/aromatic N) is 1. The van der Waals surface area contributed by atoms with Gasteiger partial charge in [0, 0.05) is 25.6 Å². The third-order valence-corrected chi connectivity index (χ3v) is 5.37. The number of nitrogens with one attached hydrogen (secondary N) is 2. The molecule has 2 rings (SSSR count). The maximum absolute atomic E-state index is 13.3. The molecule has 0 unspecified atom stereocenters. The Morgan fingerprint density at radius 2 is 1.90 bits per heavy atom. The Morgan fingerprint density at radius 1 is 1.27 bits per heavy atom. The van der Waals surface area contributed by atoms with Crippen molar-refractivity contribution in [3.05, 3.63) is 23.4 Å². The number of amides is 2. The molecule has 0 aromatic carbocycles. The maximum atomic E-state index is 13.3. The summed E-state index contributed by atoms with van der Waals surface area (Å²) in [7, 11) is 1.46. The minimum Gasteiger partial charge on any atom is -0.464 e. The average molecular weight is 431 g/mol. The number of aliphatic hydroxyl groups excluding tert-OH is 1. The van der Waals surface area contributed by atoms with E-state index in [9.17, 15) is 22.8 Å². The van der Waals surface area contributed by atoms with Gasteiger partial charge in [-0.15, -0.1) is 0 Å². The van der Waals surface area contributed by atoms with E-state index in [1.54, 1.807) is 19.9 Å². The Kier molecular flexibility index (Phi) is 7.68. The fourth-order valence-corrected chi connectivity index (χ4v) is 3.24. The Balaban J connectivity index is 2.34. The predicted molar refractivity (Wildman–Crippen MR) is 103 cm³/mol. The number of hydrogen-bond donors (Lipinski definition) is 3. The third kappa shape index (κ3) is 5.41. The van der Waals surface area contributed by atoms with Crippen LogP contribution in [0.1, 0.15) is 67.9 Å². The first kappa shape index (κ1) is 23.9. The second-order valence-corrected chi connectivity index (χ2v) is 7.35. The van der Waals surface area contributed by atoms with Crippen molar-refractivity contribution in [2.24, 2.45) is 0 Å². The number of halogens is 3. The molecule has 7 nitrogen and oxygen atoms in total. The zero-order chi connectivity index (χ0) is 22.5. The van der Waals surface area contributed by atoms with Gasteiger partial charge in [0.05, 0.1) is 0 Å². The minimum atomic E-state index is -4.69. The lowest BCUT2D eigenvalue weighted by molar-refractivity contribution is -0.199. The third-order valence-electron chi connectivity index (χ3n) is 5.37. The first-order valence-electron chi connectivity index (χ1n) is 10.0. The molecule has 168 valence electrons. The van der Waals surface area contributed by atoms with Crippen molar-refractivity contribution in [1.82, 2.24) is 15.6 Å². The summed E-state index contributed by atoms with van der Waals surface area (Å²) in [6, 6.07) is 2.96. The first-order valence-corrected chi connectivity index (χ1v) is 10.0. The van der Waals surface area contributed by atoms with Gasteiger partial charge in [0.1, 0.15) is 11.2 Å². The Labute approximate surface area is 173 Å². The van der Waals surface area contributed by atoms with E-state index in [0.717, 1.165) is 12.8 Å². The highest BCUT2D eigenvalue weighted by molar-refractivity contribution is 5.98. The van der Waals surface area contributed by atoms with E-state index < -0.39 is 36.8 Å². The molecular formula is C20H28F3N3O4. The lowest BCUT2D eigenvalue weighted by atomic mass is 9.91. The lowest BCUT2D eigenvalue weighted by Crippen LogP contribution is -2.57. The smallest absolute Gasteiger partial charge is 0.425 e. The van der Waals surface area contributed by atoms with Gasteiger partial charge in [-0.25, -0.2) is 4.98 Å². The first-order chi connectivity index (χ1) is 14.1. The molecule has 0 bridgehead atoms. The van der Waals surface area contributed by atoms with Crippen molar-refractivity contribution in [2.75, 3.05) is 13.7 Å². The maximum Gasteiger partial charge on any atom is 0.425 e. The number of aromatic nitrogens is 1. The van der Waals surface area contributed by atoms with E-state index in [1.807, 2.05) is 0 Å². The molecule has 0 aliphatic heterocycles. The van der Waals surface area contributed by atoms with Crippen molar-refractivity contribution in [2.45, 2.75) is 69.7 Å². The largest absolute Gasteiger partial charge is 0.464 e. The van der Waals surface area contributed by atoms with Gasteiger partial charge in [0.2, 0.25) is 11.8 Å². The molecule has 1 heterocycles. The van der Waals surface area contributed by atoms with Gasteiger partial charge >= 0.3 is 6.18 Å². The fourth-order valence-electron chi connectivity index (χ4n) is 3.24. The van der Waals surface area contributed by atoms with Gasteiger partial charge in [-0.05, 0) is 37.7 Å². The van der Waals surface area contributed by atoms with Crippen LogP contribution in [0.3, 0.4) is 0 Å². The molecule has 1 saturated carbocycles. The van der Waals surface area contributed by atoms with Crippen molar-refractivity contribution in [1.29, 1.82) is 0 Å². The summed E-state index contributed by atoms with van der Waals surface area (Å²) in [5.41, 5.74) is -0.800. The molecule has 1 atom stereocenters. The van der Waals surface area contributed by atoms with E-state index >= 15 is 0 Å². The average Bonchev–Trinajstić information content (AvgIpc) is 3.55. The monoisotopic (exact) mass is 431 g/mol.